The van der Waals surface area contributed by atoms with Gasteiger partial charge in [-0.1, -0.05) is 92.4 Å². The molecule has 0 radical (unpaired) electrons. The zero-order chi connectivity index (χ0) is 21.6. The lowest BCUT2D eigenvalue weighted by Gasteiger charge is -2.16. The minimum absolute atomic E-state index is 0.0440. The van der Waals surface area contributed by atoms with Crippen molar-refractivity contribution in [3.05, 3.63) is 0 Å². The molecular weight excluding hydrogens is 398 g/mol. The Kier molecular flexibility index (Phi) is 16.0. The standard InChI is InChI=1S/C20H42O6P2/c1-17(2)9-6-10-18(3)11-7-12-19(4)13-8-14-20(5)15-16-25-28(23,24)26-27(21)22/h17-20H,6-16H2,1-5H3,(H-,21,22,23,24)/p+1. The van der Waals surface area contributed by atoms with Gasteiger partial charge in [-0.25, -0.2) is 4.57 Å². The van der Waals surface area contributed by atoms with Gasteiger partial charge in [0.05, 0.1) is 6.61 Å². The topological polar surface area (TPSA) is 93.1 Å². The summed E-state index contributed by atoms with van der Waals surface area (Å²) in [6.45, 7) is 11.4. The first-order valence-corrected chi connectivity index (χ1v) is 13.5. The van der Waals surface area contributed by atoms with Gasteiger partial charge >= 0.3 is 16.1 Å². The van der Waals surface area contributed by atoms with Crippen molar-refractivity contribution in [1.82, 2.24) is 0 Å². The average molecular weight is 442 g/mol. The maximum atomic E-state index is 11.3. The molecule has 2 N–H and O–H groups in total. The Hall–Kier alpha value is 0.170. The Balaban J connectivity index is 3.70. The van der Waals surface area contributed by atoms with Gasteiger partial charge in [0.2, 0.25) is 0 Å². The molecular formula is C20H43O6P2+. The molecule has 0 rings (SSSR count). The number of phosphoric acid groups is 1. The third kappa shape index (κ3) is 18.2. The summed E-state index contributed by atoms with van der Waals surface area (Å²) in [5, 5.41) is 0. The van der Waals surface area contributed by atoms with Crippen LogP contribution >= 0.6 is 16.1 Å². The second kappa shape index (κ2) is 15.9. The molecule has 5 atom stereocenters. The third-order valence-corrected chi connectivity index (χ3v) is 7.20. The van der Waals surface area contributed by atoms with Crippen LogP contribution in [0.25, 0.3) is 0 Å². The third-order valence-electron chi connectivity index (χ3n) is 5.30. The second-order valence-electron chi connectivity index (χ2n) is 8.91. The molecule has 0 bridgehead atoms. The summed E-state index contributed by atoms with van der Waals surface area (Å²) in [5.74, 6) is 2.75. The fourth-order valence-corrected chi connectivity index (χ4v) is 4.65. The van der Waals surface area contributed by atoms with E-state index in [-0.39, 0.29) is 6.61 Å². The molecule has 0 aliphatic heterocycles. The minimum Gasteiger partial charge on any atom is -0.300 e. The summed E-state index contributed by atoms with van der Waals surface area (Å²) in [7, 11) is -7.55. The Labute approximate surface area is 173 Å². The molecule has 0 saturated heterocycles. The first-order valence-electron chi connectivity index (χ1n) is 10.8. The summed E-state index contributed by atoms with van der Waals surface area (Å²) in [6, 6.07) is 0. The largest absolute Gasteiger partial charge is 0.705 e. The van der Waals surface area contributed by atoms with E-state index < -0.39 is 16.1 Å². The van der Waals surface area contributed by atoms with E-state index in [2.05, 4.69) is 38.9 Å². The average Bonchev–Trinajstić information content (AvgIpc) is 2.53. The van der Waals surface area contributed by atoms with Crippen molar-refractivity contribution in [3.8, 4) is 0 Å². The van der Waals surface area contributed by atoms with Crippen molar-refractivity contribution in [1.29, 1.82) is 0 Å². The van der Waals surface area contributed by atoms with Gasteiger partial charge in [0, 0.05) is 4.57 Å². The van der Waals surface area contributed by atoms with Crippen LogP contribution in [-0.2, 0) is 18.0 Å². The highest BCUT2D eigenvalue weighted by Gasteiger charge is 2.34. The number of hydrogen-bond acceptors (Lipinski definition) is 4. The molecule has 0 aromatic carbocycles. The maximum absolute atomic E-state index is 11.3. The highest BCUT2D eigenvalue weighted by atomic mass is 31.2. The van der Waals surface area contributed by atoms with E-state index in [1.165, 1.54) is 44.9 Å². The molecule has 168 valence electrons. The zero-order valence-electron chi connectivity index (χ0n) is 18.5. The smallest absolute Gasteiger partial charge is 0.300 e. The molecule has 0 amide bonds. The van der Waals surface area contributed by atoms with E-state index in [0.717, 1.165) is 30.6 Å². The highest BCUT2D eigenvalue weighted by Crippen LogP contribution is 2.50. The van der Waals surface area contributed by atoms with E-state index in [0.29, 0.717) is 12.3 Å². The van der Waals surface area contributed by atoms with E-state index in [1.54, 1.807) is 0 Å². The van der Waals surface area contributed by atoms with Gasteiger partial charge in [0.1, 0.15) is 0 Å². The van der Waals surface area contributed by atoms with Gasteiger partial charge in [0.25, 0.3) is 0 Å². The lowest BCUT2D eigenvalue weighted by Crippen LogP contribution is -2.03. The second-order valence-corrected chi connectivity index (χ2v) is 11.2. The molecule has 0 aromatic rings. The van der Waals surface area contributed by atoms with Crippen LogP contribution in [0.4, 0.5) is 0 Å². The molecule has 0 aliphatic rings. The van der Waals surface area contributed by atoms with Gasteiger partial charge in [-0.2, -0.15) is 0 Å². The number of rotatable bonds is 18. The SMILES string of the molecule is CC(C)CCCC(C)CCCC(C)CCCC(C)CCOP(=O)(O)O[P+](=O)O. The van der Waals surface area contributed by atoms with Crippen LogP contribution in [0.3, 0.4) is 0 Å². The van der Waals surface area contributed by atoms with Gasteiger partial charge in [-0.3, -0.25) is 9.42 Å². The molecule has 28 heavy (non-hydrogen) atoms. The van der Waals surface area contributed by atoms with Crippen molar-refractivity contribution in [2.75, 3.05) is 6.61 Å². The van der Waals surface area contributed by atoms with Crippen molar-refractivity contribution in [2.45, 2.75) is 98.8 Å². The van der Waals surface area contributed by atoms with Gasteiger partial charge in [-0.15, -0.1) is 4.89 Å². The summed E-state index contributed by atoms with van der Waals surface area (Å²) >= 11 is 0. The Bertz CT molecular complexity index is 458. The lowest BCUT2D eigenvalue weighted by molar-refractivity contribution is 0.187. The number of phosphoric ester groups is 1. The van der Waals surface area contributed by atoms with Crippen molar-refractivity contribution < 1.29 is 27.8 Å². The Morgan fingerprint density at radius 3 is 1.57 bits per heavy atom. The number of hydrogen-bond donors (Lipinski definition) is 2. The van der Waals surface area contributed by atoms with Gasteiger partial charge in [-0.05, 0) is 34.4 Å². The summed E-state index contributed by atoms with van der Waals surface area (Å²) in [5.41, 5.74) is 0. The Morgan fingerprint density at radius 2 is 1.18 bits per heavy atom. The van der Waals surface area contributed by atoms with Crippen LogP contribution in [0.2, 0.25) is 0 Å². The fraction of sp³-hybridized carbons (Fsp3) is 1.00. The summed E-state index contributed by atoms with van der Waals surface area (Å²) < 4.78 is 30.4. The van der Waals surface area contributed by atoms with Crippen LogP contribution in [0.15, 0.2) is 0 Å². The molecule has 0 heterocycles. The maximum Gasteiger partial charge on any atom is 0.705 e. The van der Waals surface area contributed by atoms with Crippen molar-refractivity contribution in [3.63, 3.8) is 0 Å². The van der Waals surface area contributed by atoms with E-state index in [4.69, 9.17) is 9.42 Å². The zero-order valence-corrected chi connectivity index (χ0v) is 20.3. The molecule has 5 unspecified atom stereocenters. The van der Waals surface area contributed by atoms with Crippen LogP contribution in [0, 0.1) is 23.7 Å². The first kappa shape index (κ1) is 28.2. The van der Waals surface area contributed by atoms with Gasteiger partial charge in [0.15, 0.2) is 0 Å². The van der Waals surface area contributed by atoms with E-state index in [9.17, 15) is 14.0 Å². The molecule has 0 spiro atoms. The molecule has 0 saturated carbocycles. The minimum atomic E-state index is -4.41. The van der Waals surface area contributed by atoms with Crippen LogP contribution < -0.4 is 0 Å². The van der Waals surface area contributed by atoms with E-state index in [1.807, 2.05) is 0 Å². The Morgan fingerprint density at radius 1 is 0.786 bits per heavy atom. The summed E-state index contributed by atoms with van der Waals surface area (Å²) in [6.07, 6.45) is 12.0. The van der Waals surface area contributed by atoms with Crippen LogP contribution in [0.1, 0.15) is 98.8 Å². The summed E-state index contributed by atoms with van der Waals surface area (Å²) in [4.78, 5) is 17.7. The monoisotopic (exact) mass is 441 g/mol. The first-order chi connectivity index (χ1) is 13.0. The highest BCUT2D eigenvalue weighted by molar-refractivity contribution is 7.55. The van der Waals surface area contributed by atoms with Crippen molar-refractivity contribution >= 4 is 16.1 Å². The predicted molar refractivity (Wildman–Crippen MR) is 115 cm³/mol. The van der Waals surface area contributed by atoms with Crippen LogP contribution in [0.5, 0.6) is 0 Å². The van der Waals surface area contributed by atoms with Crippen molar-refractivity contribution in [2.24, 2.45) is 23.7 Å². The molecule has 0 fully saturated rings. The normalized spacial score (nSPS) is 17.9. The molecule has 0 aliphatic carbocycles. The van der Waals surface area contributed by atoms with Gasteiger partial charge < -0.3 is 0 Å². The lowest BCUT2D eigenvalue weighted by atomic mass is 9.91. The molecule has 6 nitrogen and oxygen atoms in total. The predicted octanol–water partition coefficient (Wildman–Crippen LogP) is 7.24. The quantitative estimate of drug-likeness (QED) is 0.218. The molecule has 8 heteroatoms. The molecule has 0 aromatic heterocycles. The van der Waals surface area contributed by atoms with E-state index >= 15 is 0 Å². The fourth-order valence-electron chi connectivity index (χ4n) is 3.42. The van der Waals surface area contributed by atoms with Crippen LogP contribution in [-0.4, -0.2) is 16.4 Å².